The summed E-state index contributed by atoms with van der Waals surface area (Å²) in [6.07, 6.45) is 1.29. The van der Waals surface area contributed by atoms with Crippen LogP contribution in [-0.2, 0) is 17.8 Å². The van der Waals surface area contributed by atoms with Gasteiger partial charge in [0, 0.05) is 29.4 Å². The van der Waals surface area contributed by atoms with Gasteiger partial charge in [0.2, 0.25) is 0 Å². The minimum absolute atomic E-state index is 0.168. The highest BCUT2D eigenvalue weighted by molar-refractivity contribution is 5.85. The van der Waals surface area contributed by atoms with Gasteiger partial charge in [-0.15, -0.1) is 0 Å². The molecule has 29 heavy (non-hydrogen) atoms. The lowest BCUT2D eigenvalue weighted by atomic mass is 9.95. The minimum atomic E-state index is -1.13. The van der Waals surface area contributed by atoms with E-state index in [-0.39, 0.29) is 6.42 Å². The van der Waals surface area contributed by atoms with Crippen LogP contribution in [0.4, 0.5) is 0 Å². The highest BCUT2D eigenvalue weighted by atomic mass is 16.5. The summed E-state index contributed by atoms with van der Waals surface area (Å²) in [4.78, 5) is 10.8. The van der Waals surface area contributed by atoms with Crippen molar-refractivity contribution in [3.63, 3.8) is 0 Å². The number of fused-ring (bicyclic) bond motifs is 1. The third-order valence-corrected chi connectivity index (χ3v) is 5.06. The number of carboxylic acid groups (broad SMARTS) is 1. The number of carbonyl (C=O) groups excluding carboxylic acids is 1. The maximum atomic E-state index is 10.8. The van der Waals surface area contributed by atoms with Crippen LogP contribution in [0.25, 0.3) is 22.1 Å². The van der Waals surface area contributed by atoms with Gasteiger partial charge in [0.1, 0.15) is 17.9 Å². The van der Waals surface area contributed by atoms with E-state index in [1.165, 1.54) is 28.5 Å². The minimum Gasteiger partial charge on any atom is -0.550 e. The molecule has 4 heteroatoms. The van der Waals surface area contributed by atoms with Gasteiger partial charge in [-0.1, -0.05) is 36.4 Å². The number of aryl methyl sites for hydroxylation is 2. The van der Waals surface area contributed by atoms with E-state index in [4.69, 9.17) is 9.15 Å². The van der Waals surface area contributed by atoms with Crippen LogP contribution in [0.5, 0.6) is 5.75 Å². The molecule has 0 saturated carbocycles. The van der Waals surface area contributed by atoms with Crippen LogP contribution >= 0.6 is 0 Å². The first kappa shape index (κ1) is 18.8. The number of ether oxygens (including phenoxy) is 1. The number of aliphatic carboxylic acids is 1. The van der Waals surface area contributed by atoms with Gasteiger partial charge in [-0.3, -0.25) is 0 Å². The second-order valence-electron chi connectivity index (χ2n) is 7.22. The van der Waals surface area contributed by atoms with E-state index in [1.807, 2.05) is 24.3 Å². The molecule has 0 N–H and O–H groups in total. The number of furan rings is 1. The predicted molar refractivity (Wildman–Crippen MR) is 111 cm³/mol. The number of hydrogen-bond acceptors (Lipinski definition) is 4. The van der Waals surface area contributed by atoms with Crippen LogP contribution < -0.4 is 9.84 Å². The van der Waals surface area contributed by atoms with Crippen LogP contribution in [-0.4, -0.2) is 5.97 Å². The summed E-state index contributed by atoms with van der Waals surface area (Å²) < 4.78 is 11.4. The van der Waals surface area contributed by atoms with E-state index in [2.05, 4.69) is 44.2 Å². The smallest absolute Gasteiger partial charge is 0.137 e. The lowest BCUT2D eigenvalue weighted by molar-refractivity contribution is -0.304. The molecule has 0 fully saturated rings. The van der Waals surface area contributed by atoms with Crippen molar-refractivity contribution >= 4 is 16.9 Å². The van der Waals surface area contributed by atoms with Crippen molar-refractivity contribution in [3.8, 4) is 16.9 Å². The number of benzene rings is 3. The van der Waals surface area contributed by atoms with Crippen molar-refractivity contribution in [1.82, 2.24) is 0 Å². The third-order valence-electron chi connectivity index (χ3n) is 5.06. The first-order chi connectivity index (χ1) is 14.0. The Hall–Kier alpha value is -3.53. The van der Waals surface area contributed by atoms with Gasteiger partial charge >= 0.3 is 0 Å². The highest BCUT2D eigenvalue weighted by Gasteiger charge is 2.09. The normalized spacial score (nSPS) is 11.0. The van der Waals surface area contributed by atoms with Crippen molar-refractivity contribution < 1.29 is 19.1 Å². The monoisotopic (exact) mass is 385 g/mol. The zero-order valence-electron chi connectivity index (χ0n) is 16.4. The summed E-state index contributed by atoms with van der Waals surface area (Å²) in [6.45, 7) is 4.68. The molecule has 0 amide bonds. The van der Waals surface area contributed by atoms with Crippen molar-refractivity contribution in [2.45, 2.75) is 26.9 Å². The molecule has 146 valence electrons. The molecular weight excluding hydrogens is 364 g/mol. The van der Waals surface area contributed by atoms with Crippen LogP contribution in [0, 0.1) is 13.8 Å². The lowest BCUT2D eigenvalue weighted by Crippen LogP contribution is -2.24. The van der Waals surface area contributed by atoms with Gasteiger partial charge in [-0.05, 0) is 59.9 Å². The number of carbonyl (C=O) groups is 1. The summed E-state index contributed by atoms with van der Waals surface area (Å²) in [5, 5.41) is 11.6. The quantitative estimate of drug-likeness (QED) is 0.487. The Morgan fingerprint density at radius 2 is 1.76 bits per heavy atom. The molecule has 0 aliphatic rings. The Labute approximate surface area is 169 Å². The second-order valence-corrected chi connectivity index (χ2v) is 7.22. The van der Waals surface area contributed by atoms with Crippen molar-refractivity contribution in [1.29, 1.82) is 0 Å². The Bertz CT molecular complexity index is 1170. The second kappa shape index (κ2) is 7.84. The average Bonchev–Trinajstić information content (AvgIpc) is 3.08. The van der Waals surface area contributed by atoms with Gasteiger partial charge < -0.3 is 19.1 Å². The van der Waals surface area contributed by atoms with Gasteiger partial charge in [0.05, 0.1) is 6.26 Å². The number of hydrogen-bond donors (Lipinski definition) is 0. The highest BCUT2D eigenvalue weighted by Crippen LogP contribution is 2.29. The number of carboxylic acids is 1. The average molecular weight is 385 g/mol. The van der Waals surface area contributed by atoms with E-state index >= 15 is 0 Å². The predicted octanol–water partition coefficient (Wildman–Crippen LogP) is 4.59. The summed E-state index contributed by atoms with van der Waals surface area (Å²) in [5.41, 5.74) is 7.21. The van der Waals surface area contributed by atoms with Gasteiger partial charge in [-0.2, -0.15) is 0 Å². The molecule has 0 radical (unpaired) electrons. The lowest BCUT2D eigenvalue weighted by Gasteiger charge is -2.12. The van der Waals surface area contributed by atoms with Crippen LogP contribution in [0.3, 0.4) is 0 Å². The first-order valence-electron chi connectivity index (χ1n) is 9.49. The van der Waals surface area contributed by atoms with Crippen molar-refractivity contribution in [3.05, 3.63) is 89.2 Å². The Morgan fingerprint density at radius 3 is 2.52 bits per heavy atom. The van der Waals surface area contributed by atoms with Gasteiger partial charge in [0.25, 0.3) is 0 Å². The SMILES string of the molecule is Cc1cccc(C)c1-c1cccc(COc2ccc3c(CC(=O)[O-])coc3c2)c1. The zero-order valence-corrected chi connectivity index (χ0v) is 16.4. The molecule has 0 unspecified atom stereocenters. The molecule has 4 rings (SSSR count). The maximum absolute atomic E-state index is 10.8. The number of rotatable bonds is 6. The van der Waals surface area contributed by atoms with E-state index in [9.17, 15) is 9.90 Å². The summed E-state index contributed by atoms with van der Waals surface area (Å²) in [7, 11) is 0. The first-order valence-corrected chi connectivity index (χ1v) is 9.49. The fraction of sp³-hybridized carbons (Fsp3) is 0.160. The summed E-state index contributed by atoms with van der Waals surface area (Å²) >= 11 is 0. The molecule has 4 nitrogen and oxygen atoms in total. The molecule has 0 spiro atoms. The molecule has 1 aromatic heterocycles. The topological polar surface area (TPSA) is 62.5 Å². The van der Waals surface area contributed by atoms with Crippen molar-refractivity contribution in [2.75, 3.05) is 0 Å². The third kappa shape index (κ3) is 4.02. The Kier molecular flexibility index (Phi) is 5.09. The van der Waals surface area contributed by atoms with E-state index in [1.54, 1.807) is 6.07 Å². The maximum Gasteiger partial charge on any atom is 0.137 e. The van der Waals surface area contributed by atoms with Crippen LogP contribution in [0.15, 0.2) is 71.3 Å². The molecule has 0 saturated heterocycles. The fourth-order valence-corrected chi connectivity index (χ4v) is 3.70. The fourth-order valence-electron chi connectivity index (χ4n) is 3.70. The standard InChI is InChI=1S/C25H22O4/c1-16-5-3-6-17(2)25(16)19-8-4-7-18(11-19)14-28-21-9-10-22-20(12-24(26)27)15-29-23(22)13-21/h3-11,13,15H,12,14H2,1-2H3,(H,26,27)/p-1. The summed E-state index contributed by atoms with van der Waals surface area (Å²) in [6, 6.07) is 20.1. The Balaban J connectivity index is 1.53. The van der Waals surface area contributed by atoms with Crippen molar-refractivity contribution in [2.24, 2.45) is 0 Å². The molecule has 0 atom stereocenters. The molecule has 0 aliphatic heterocycles. The molecule has 1 heterocycles. The zero-order chi connectivity index (χ0) is 20.4. The molecule has 4 aromatic rings. The molecule has 0 aliphatic carbocycles. The Morgan fingerprint density at radius 1 is 1.00 bits per heavy atom. The van der Waals surface area contributed by atoms with E-state index in [0.717, 1.165) is 10.9 Å². The largest absolute Gasteiger partial charge is 0.550 e. The summed E-state index contributed by atoms with van der Waals surface area (Å²) in [5.74, 6) is -0.457. The van der Waals surface area contributed by atoms with E-state index in [0.29, 0.717) is 23.5 Å². The molecular formula is C25H21O4-. The van der Waals surface area contributed by atoms with E-state index < -0.39 is 5.97 Å². The van der Waals surface area contributed by atoms with Gasteiger partial charge in [-0.25, -0.2) is 0 Å². The molecule has 3 aromatic carbocycles. The van der Waals surface area contributed by atoms with Gasteiger partial charge in [0.15, 0.2) is 0 Å². The van der Waals surface area contributed by atoms with Crippen LogP contribution in [0.1, 0.15) is 22.3 Å². The van der Waals surface area contributed by atoms with Crippen LogP contribution in [0.2, 0.25) is 0 Å². The molecule has 0 bridgehead atoms.